The number of ether oxygens (including phenoxy) is 1. The van der Waals surface area contributed by atoms with E-state index >= 15 is 0 Å². The Balaban J connectivity index is 2.03. The number of benzene rings is 2. The van der Waals surface area contributed by atoms with Gasteiger partial charge in [-0.05, 0) is 55.2 Å². The van der Waals surface area contributed by atoms with Gasteiger partial charge in [0.05, 0.1) is 16.9 Å². The standard InChI is InChI=1S/C21H21FN2O2/c1-13(2)18-12-20(26-21(25)16-8-6-9-17(22)11-16)24(23-18)19-10-5-7-14(3)15(19)4/h5-13H,1-4H3. The Morgan fingerprint density at radius 2 is 1.85 bits per heavy atom. The van der Waals surface area contributed by atoms with Crippen molar-refractivity contribution in [1.82, 2.24) is 9.78 Å². The summed E-state index contributed by atoms with van der Waals surface area (Å²) in [5.41, 5.74) is 3.98. The van der Waals surface area contributed by atoms with Crippen molar-refractivity contribution < 1.29 is 13.9 Å². The molecule has 5 heteroatoms. The average molecular weight is 352 g/mol. The predicted molar refractivity (Wildman–Crippen MR) is 98.5 cm³/mol. The second-order valence-corrected chi connectivity index (χ2v) is 6.59. The number of nitrogens with zero attached hydrogens (tertiary/aromatic N) is 2. The molecule has 0 spiro atoms. The number of hydrogen-bond donors (Lipinski definition) is 0. The van der Waals surface area contributed by atoms with Crippen molar-refractivity contribution in [2.45, 2.75) is 33.6 Å². The molecular formula is C21H21FN2O2. The monoisotopic (exact) mass is 352 g/mol. The van der Waals surface area contributed by atoms with Crippen molar-refractivity contribution in [3.8, 4) is 11.6 Å². The Labute approximate surface area is 152 Å². The first-order valence-electron chi connectivity index (χ1n) is 8.51. The molecule has 0 radical (unpaired) electrons. The van der Waals surface area contributed by atoms with Crippen molar-refractivity contribution >= 4 is 5.97 Å². The zero-order valence-electron chi connectivity index (χ0n) is 15.3. The lowest BCUT2D eigenvalue weighted by molar-refractivity contribution is 0.0722. The molecule has 1 aromatic heterocycles. The van der Waals surface area contributed by atoms with Gasteiger partial charge in [-0.25, -0.2) is 13.9 Å². The van der Waals surface area contributed by atoms with Crippen LogP contribution in [-0.2, 0) is 0 Å². The summed E-state index contributed by atoms with van der Waals surface area (Å²) in [4.78, 5) is 12.5. The van der Waals surface area contributed by atoms with Gasteiger partial charge in [0.1, 0.15) is 5.82 Å². The normalized spacial score (nSPS) is 11.0. The molecule has 3 rings (SSSR count). The molecular weight excluding hydrogens is 331 g/mol. The van der Waals surface area contributed by atoms with Crippen LogP contribution < -0.4 is 4.74 Å². The van der Waals surface area contributed by atoms with Crippen molar-refractivity contribution in [3.63, 3.8) is 0 Å². The molecule has 0 aliphatic heterocycles. The summed E-state index contributed by atoms with van der Waals surface area (Å²) in [5.74, 6) is -0.610. The van der Waals surface area contributed by atoms with Gasteiger partial charge in [-0.3, -0.25) is 0 Å². The lowest BCUT2D eigenvalue weighted by Gasteiger charge is -2.12. The van der Waals surface area contributed by atoms with E-state index in [0.717, 1.165) is 28.6 Å². The fourth-order valence-electron chi connectivity index (χ4n) is 2.64. The summed E-state index contributed by atoms with van der Waals surface area (Å²) in [6.45, 7) is 8.06. The van der Waals surface area contributed by atoms with Gasteiger partial charge >= 0.3 is 5.97 Å². The van der Waals surface area contributed by atoms with Crippen LogP contribution in [0.25, 0.3) is 5.69 Å². The molecule has 0 amide bonds. The lowest BCUT2D eigenvalue weighted by atomic mass is 10.1. The first kappa shape index (κ1) is 17.9. The van der Waals surface area contributed by atoms with Gasteiger partial charge in [0.2, 0.25) is 5.88 Å². The second kappa shape index (κ2) is 7.12. The predicted octanol–water partition coefficient (Wildman–Crippen LogP) is 4.97. The van der Waals surface area contributed by atoms with Gasteiger partial charge in [0.15, 0.2) is 0 Å². The van der Waals surface area contributed by atoms with Crippen molar-refractivity contribution in [2.75, 3.05) is 0 Å². The third kappa shape index (κ3) is 3.52. The highest BCUT2D eigenvalue weighted by Crippen LogP contribution is 2.27. The smallest absolute Gasteiger partial charge is 0.344 e. The minimum atomic E-state index is -0.619. The van der Waals surface area contributed by atoms with Gasteiger partial charge in [-0.2, -0.15) is 5.10 Å². The number of esters is 1. The molecule has 2 aromatic carbocycles. The third-order valence-electron chi connectivity index (χ3n) is 4.35. The molecule has 0 saturated carbocycles. The van der Waals surface area contributed by atoms with Crippen molar-refractivity contribution in [1.29, 1.82) is 0 Å². The van der Waals surface area contributed by atoms with E-state index in [1.54, 1.807) is 10.7 Å². The number of hydrogen-bond acceptors (Lipinski definition) is 3. The molecule has 0 aliphatic carbocycles. The van der Waals surface area contributed by atoms with E-state index in [-0.39, 0.29) is 11.5 Å². The molecule has 0 saturated heterocycles. The molecule has 0 aliphatic rings. The summed E-state index contributed by atoms with van der Waals surface area (Å²) in [7, 11) is 0. The van der Waals surface area contributed by atoms with Crippen LogP contribution in [-0.4, -0.2) is 15.7 Å². The number of aryl methyl sites for hydroxylation is 1. The molecule has 0 unspecified atom stereocenters. The van der Waals surface area contributed by atoms with Gasteiger partial charge in [0.25, 0.3) is 0 Å². The number of carbonyl (C=O) groups excluding carboxylic acids is 1. The number of halogens is 1. The van der Waals surface area contributed by atoms with E-state index in [9.17, 15) is 9.18 Å². The maximum Gasteiger partial charge on any atom is 0.344 e. The Morgan fingerprint density at radius 1 is 1.12 bits per heavy atom. The van der Waals surface area contributed by atoms with Crippen LogP contribution in [0.2, 0.25) is 0 Å². The van der Waals surface area contributed by atoms with Crippen LogP contribution >= 0.6 is 0 Å². The molecule has 134 valence electrons. The number of aromatic nitrogens is 2. The lowest BCUT2D eigenvalue weighted by Crippen LogP contribution is -2.12. The van der Waals surface area contributed by atoms with Crippen molar-refractivity contribution in [2.24, 2.45) is 0 Å². The highest BCUT2D eigenvalue weighted by atomic mass is 19.1. The maximum atomic E-state index is 13.4. The molecule has 0 bridgehead atoms. The summed E-state index contributed by atoms with van der Waals surface area (Å²) >= 11 is 0. The summed E-state index contributed by atoms with van der Waals surface area (Å²) in [5, 5.41) is 4.61. The van der Waals surface area contributed by atoms with E-state index in [2.05, 4.69) is 5.10 Å². The van der Waals surface area contributed by atoms with Crippen LogP contribution in [0.1, 0.15) is 46.9 Å². The average Bonchev–Trinajstić information content (AvgIpc) is 3.01. The first-order valence-corrected chi connectivity index (χ1v) is 8.51. The van der Waals surface area contributed by atoms with Gasteiger partial charge in [0, 0.05) is 6.07 Å². The Hall–Kier alpha value is -2.95. The minimum Gasteiger partial charge on any atom is -0.404 e. The van der Waals surface area contributed by atoms with E-state index in [0.29, 0.717) is 5.88 Å². The molecule has 1 heterocycles. The number of rotatable bonds is 4. The molecule has 0 fully saturated rings. The van der Waals surface area contributed by atoms with Crippen molar-refractivity contribution in [3.05, 3.63) is 76.7 Å². The fraction of sp³-hybridized carbons (Fsp3) is 0.238. The van der Waals surface area contributed by atoms with Crippen LogP contribution in [0, 0.1) is 19.7 Å². The van der Waals surface area contributed by atoms with Gasteiger partial charge in [-0.15, -0.1) is 0 Å². The molecule has 4 nitrogen and oxygen atoms in total. The molecule has 3 aromatic rings. The van der Waals surface area contributed by atoms with Crippen LogP contribution in [0.5, 0.6) is 5.88 Å². The van der Waals surface area contributed by atoms with E-state index in [1.807, 2.05) is 45.9 Å². The van der Waals surface area contributed by atoms with E-state index in [1.165, 1.54) is 18.2 Å². The first-order chi connectivity index (χ1) is 12.4. The zero-order chi connectivity index (χ0) is 18.8. The number of carbonyl (C=O) groups is 1. The maximum absolute atomic E-state index is 13.4. The van der Waals surface area contributed by atoms with E-state index < -0.39 is 11.8 Å². The molecule has 26 heavy (non-hydrogen) atoms. The van der Waals surface area contributed by atoms with Crippen LogP contribution in [0.4, 0.5) is 4.39 Å². The van der Waals surface area contributed by atoms with Crippen LogP contribution in [0.15, 0.2) is 48.5 Å². The summed E-state index contributed by atoms with van der Waals surface area (Å²) in [6.07, 6.45) is 0. The highest BCUT2D eigenvalue weighted by molar-refractivity contribution is 5.90. The Bertz CT molecular complexity index is 960. The zero-order valence-corrected chi connectivity index (χ0v) is 15.3. The molecule has 0 N–H and O–H groups in total. The Kier molecular flexibility index (Phi) is 4.89. The summed E-state index contributed by atoms with van der Waals surface area (Å²) < 4.78 is 20.6. The topological polar surface area (TPSA) is 44.1 Å². The molecule has 0 atom stereocenters. The summed E-state index contributed by atoms with van der Waals surface area (Å²) in [6, 6.07) is 13.1. The van der Waals surface area contributed by atoms with Gasteiger partial charge in [-0.1, -0.05) is 32.0 Å². The largest absolute Gasteiger partial charge is 0.404 e. The van der Waals surface area contributed by atoms with Crippen LogP contribution in [0.3, 0.4) is 0 Å². The quantitative estimate of drug-likeness (QED) is 0.623. The third-order valence-corrected chi connectivity index (χ3v) is 4.35. The van der Waals surface area contributed by atoms with Gasteiger partial charge < -0.3 is 4.74 Å². The second-order valence-electron chi connectivity index (χ2n) is 6.59. The minimum absolute atomic E-state index is 0.157. The highest BCUT2D eigenvalue weighted by Gasteiger charge is 2.19. The fourth-order valence-corrected chi connectivity index (χ4v) is 2.64. The Morgan fingerprint density at radius 3 is 2.54 bits per heavy atom. The SMILES string of the molecule is Cc1cccc(-n2nc(C(C)C)cc2OC(=O)c2cccc(F)c2)c1C. The van der Waals surface area contributed by atoms with E-state index in [4.69, 9.17) is 4.74 Å².